The second-order valence-electron chi connectivity index (χ2n) is 9.62. The Labute approximate surface area is 227 Å². The molecule has 0 saturated carbocycles. The molecule has 2 amide bonds. The van der Waals surface area contributed by atoms with Gasteiger partial charge < -0.3 is 10.2 Å². The zero-order valence-electron chi connectivity index (χ0n) is 21.8. The molecule has 0 unspecified atom stereocenters. The molecule has 2 N–H and O–H groups in total. The summed E-state index contributed by atoms with van der Waals surface area (Å²) in [6.07, 6.45) is 4.38. The van der Waals surface area contributed by atoms with Crippen molar-refractivity contribution in [3.05, 3.63) is 89.2 Å². The highest BCUT2D eigenvalue weighted by atomic mass is 32.2. The van der Waals surface area contributed by atoms with Gasteiger partial charge in [0.1, 0.15) is 16.9 Å². The summed E-state index contributed by atoms with van der Waals surface area (Å²) in [7, 11) is -3.78. The summed E-state index contributed by atoms with van der Waals surface area (Å²) < 4.78 is 27.3. The van der Waals surface area contributed by atoms with Gasteiger partial charge in [0.25, 0.3) is 11.8 Å². The maximum absolute atomic E-state index is 13.8. The second-order valence-corrected chi connectivity index (χ2v) is 11.6. The smallest absolute Gasteiger partial charge is 0.270 e. The van der Waals surface area contributed by atoms with E-state index in [9.17, 15) is 18.0 Å². The van der Waals surface area contributed by atoms with Crippen molar-refractivity contribution in [1.82, 2.24) is 24.2 Å². The molecule has 5 rings (SSSR count). The third-order valence-electron chi connectivity index (χ3n) is 7.00. The third-order valence-corrected chi connectivity index (χ3v) is 8.25. The Balaban J connectivity index is 1.48. The number of amides is 2. The van der Waals surface area contributed by atoms with Crippen molar-refractivity contribution in [2.75, 3.05) is 24.2 Å². The Morgan fingerprint density at radius 3 is 2.33 bits per heavy atom. The van der Waals surface area contributed by atoms with Crippen molar-refractivity contribution in [1.29, 1.82) is 0 Å². The molecule has 2 aromatic heterocycles. The molecule has 39 heavy (non-hydrogen) atoms. The summed E-state index contributed by atoms with van der Waals surface area (Å²) in [5.41, 5.74) is 3.50. The first kappa shape index (κ1) is 26.4. The van der Waals surface area contributed by atoms with E-state index in [4.69, 9.17) is 0 Å². The molecular formula is C28H30N6O4S. The first-order valence-electron chi connectivity index (χ1n) is 12.8. The van der Waals surface area contributed by atoms with Gasteiger partial charge in [-0.2, -0.15) is 9.61 Å². The van der Waals surface area contributed by atoms with Crippen molar-refractivity contribution >= 4 is 39.0 Å². The van der Waals surface area contributed by atoms with Gasteiger partial charge in [-0.3, -0.25) is 9.59 Å². The van der Waals surface area contributed by atoms with Gasteiger partial charge in [-0.1, -0.05) is 48.0 Å². The average molecular weight is 547 g/mol. The van der Waals surface area contributed by atoms with Gasteiger partial charge in [0.2, 0.25) is 10.0 Å². The minimum Gasteiger partial charge on any atom is -0.339 e. The standard InChI is InChI=1S/C28H30N6O4S/c1-3-39(37,38)32-27(35)23-18-30-34-25(23)29-17-24(26(34)31-22-11-9-19(2)10-12-22)28(36)33-15-13-21(14-16-33)20-7-5-4-6-8-20/h4-12,17-18,21,31H,3,13-16H2,1-2H3,(H,32,35). The molecule has 11 heteroatoms. The molecule has 2 aromatic carbocycles. The molecule has 1 fully saturated rings. The number of aryl methyl sites for hydroxylation is 1. The molecule has 4 aromatic rings. The predicted molar refractivity (Wildman–Crippen MR) is 149 cm³/mol. The number of piperidine rings is 1. The van der Waals surface area contributed by atoms with E-state index in [0.717, 1.165) is 24.1 Å². The Morgan fingerprint density at radius 2 is 1.67 bits per heavy atom. The Morgan fingerprint density at radius 1 is 0.974 bits per heavy atom. The number of likely N-dealkylation sites (tertiary alicyclic amines) is 1. The third kappa shape index (κ3) is 5.63. The summed E-state index contributed by atoms with van der Waals surface area (Å²) in [5.74, 6) is -0.530. The van der Waals surface area contributed by atoms with E-state index in [-0.39, 0.29) is 22.9 Å². The van der Waals surface area contributed by atoms with E-state index in [2.05, 4.69) is 27.5 Å². The normalized spacial score (nSPS) is 14.4. The zero-order valence-corrected chi connectivity index (χ0v) is 22.6. The summed E-state index contributed by atoms with van der Waals surface area (Å²) in [5, 5.41) is 7.59. The summed E-state index contributed by atoms with van der Waals surface area (Å²) >= 11 is 0. The predicted octanol–water partition coefficient (Wildman–Crippen LogP) is 3.88. The average Bonchev–Trinajstić information content (AvgIpc) is 3.39. The first-order valence-corrected chi connectivity index (χ1v) is 14.5. The van der Waals surface area contributed by atoms with E-state index in [0.29, 0.717) is 30.4 Å². The molecule has 1 aliphatic heterocycles. The minimum atomic E-state index is -3.78. The van der Waals surface area contributed by atoms with Crippen LogP contribution in [0.15, 0.2) is 67.0 Å². The Bertz CT molecular complexity index is 1610. The fourth-order valence-corrected chi connectivity index (χ4v) is 5.26. The lowest BCUT2D eigenvalue weighted by Crippen LogP contribution is -2.38. The van der Waals surface area contributed by atoms with E-state index in [1.807, 2.05) is 59.0 Å². The quantitative estimate of drug-likeness (QED) is 0.360. The largest absolute Gasteiger partial charge is 0.339 e. The monoisotopic (exact) mass is 546 g/mol. The lowest BCUT2D eigenvalue weighted by molar-refractivity contribution is 0.0713. The summed E-state index contributed by atoms with van der Waals surface area (Å²) in [4.78, 5) is 32.7. The van der Waals surface area contributed by atoms with Crippen LogP contribution in [0.5, 0.6) is 0 Å². The maximum Gasteiger partial charge on any atom is 0.270 e. The van der Waals surface area contributed by atoms with Gasteiger partial charge >= 0.3 is 0 Å². The molecule has 0 atom stereocenters. The lowest BCUT2D eigenvalue weighted by atomic mass is 9.89. The van der Waals surface area contributed by atoms with Crippen LogP contribution in [0.4, 0.5) is 11.5 Å². The number of nitrogens with zero attached hydrogens (tertiary/aromatic N) is 4. The number of carbonyl (C=O) groups excluding carboxylic acids is 2. The number of rotatable bonds is 7. The molecular weight excluding hydrogens is 516 g/mol. The molecule has 0 bridgehead atoms. The second kappa shape index (κ2) is 10.9. The van der Waals surface area contributed by atoms with Gasteiger partial charge in [-0.05, 0) is 50.3 Å². The molecule has 10 nitrogen and oxygen atoms in total. The number of aromatic nitrogens is 3. The van der Waals surface area contributed by atoms with Crippen LogP contribution in [0.1, 0.15) is 57.5 Å². The first-order chi connectivity index (χ1) is 18.8. The number of carbonyl (C=O) groups is 2. The fraction of sp³-hybridized carbons (Fsp3) is 0.286. The molecule has 0 radical (unpaired) electrons. The number of nitrogens with one attached hydrogen (secondary N) is 2. The van der Waals surface area contributed by atoms with Gasteiger partial charge in [0.15, 0.2) is 5.65 Å². The number of sulfonamides is 1. The van der Waals surface area contributed by atoms with Crippen LogP contribution in [0, 0.1) is 6.92 Å². The van der Waals surface area contributed by atoms with Crippen molar-refractivity contribution in [3.63, 3.8) is 0 Å². The van der Waals surface area contributed by atoms with Crippen LogP contribution in [-0.4, -0.2) is 58.6 Å². The van der Waals surface area contributed by atoms with Crippen molar-refractivity contribution in [2.24, 2.45) is 0 Å². The van der Waals surface area contributed by atoms with Gasteiger partial charge in [-0.25, -0.2) is 18.1 Å². The summed E-state index contributed by atoms with van der Waals surface area (Å²) in [6.45, 7) is 4.61. The van der Waals surface area contributed by atoms with Crippen molar-refractivity contribution < 1.29 is 18.0 Å². The summed E-state index contributed by atoms with van der Waals surface area (Å²) in [6, 6.07) is 18.0. The number of hydrogen-bond donors (Lipinski definition) is 2. The molecule has 1 saturated heterocycles. The van der Waals surface area contributed by atoms with Crippen LogP contribution in [-0.2, 0) is 10.0 Å². The van der Waals surface area contributed by atoms with E-state index >= 15 is 0 Å². The molecule has 0 aliphatic carbocycles. The van der Waals surface area contributed by atoms with Crippen molar-refractivity contribution in [3.8, 4) is 0 Å². The highest BCUT2D eigenvalue weighted by molar-refractivity contribution is 7.90. The Kier molecular flexibility index (Phi) is 7.34. The van der Waals surface area contributed by atoms with Gasteiger partial charge in [0, 0.05) is 25.0 Å². The molecule has 202 valence electrons. The SMILES string of the molecule is CCS(=O)(=O)NC(=O)c1cnn2c(Nc3ccc(C)cc3)c(C(=O)N3CCC(c4ccccc4)CC3)cnc12. The molecule has 1 aliphatic rings. The topological polar surface area (TPSA) is 126 Å². The molecule has 3 heterocycles. The zero-order chi connectivity index (χ0) is 27.6. The highest BCUT2D eigenvalue weighted by Gasteiger charge is 2.29. The van der Waals surface area contributed by atoms with E-state index in [1.165, 1.54) is 29.4 Å². The molecule has 0 spiro atoms. The fourth-order valence-electron chi connectivity index (χ4n) is 4.72. The van der Waals surface area contributed by atoms with Gasteiger partial charge in [0.05, 0.1) is 11.9 Å². The van der Waals surface area contributed by atoms with E-state index in [1.54, 1.807) is 0 Å². The van der Waals surface area contributed by atoms with Gasteiger partial charge in [-0.15, -0.1) is 0 Å². The van der Waals surface area contributed by atoms with Crippen LogP contribution in [0.25, 0.3) is 5.65 Å². The number of anilines is 2. The van der Waals surface area contributed by atoms with Crippen molar-refractivity contribution in [2.45, 2.75) is 32.6 Å². The number of benzene rings is 2. The number of hydrogen-bond acceptors (Lipinski definition) is 7. The van der Waals surface area contributed by atoms with Crippen LogP contribution in [0.3, 0.4) is 0 Å². The number of fused-ring (bicyclic) bond motifs is 1. The van der Waals surface area contributed by atoms with E-state index < -0.39 is 15.9 Å². The van der Waals surface area contributed by atoms with Crippen LogP contribution < -0.4 is 10.0 Å². The maximum atomic E-state index is 13.8. The minimum absolute atomic E-state index is 0.0124. The van der Waals surface area contributed by atoms with Crippen LogP contribution >= 0.6 is 0 Å². The Hall–Kier alpha value is -4.25. The highest BCUT2D eigenvalue weighted by Crippen LogP contribution is 2.30. The lowest BCUT2D eigenvalue weighted by Gasteiger charge is -2.32. The van der Waals surface area contributed by atoms with Crippen LogP contribution in [0.2, 0.25) is 0 Å².